The lowest BCUT2D eigenvalue weighted by Gasteiger charge is -2.34. The standard InChI is InChI=1S/C23H21ClN2O5S/c24-17-10-12-19(13-11-17)32(28,29)26-16-22(31-21-9-5-4-8-20(21)26)23(27)25-14-15-30-18-6-2-1-3-7-18/h1-13,22H,14-16H2,(H,25,27). The molecule has 1 aliphatic heterocycles. The van der Waals surface area contributed by atoms with Crippen molar-refractivity contribution < 1.29 is 22.7 Å². The zero-order valence-electron chi connectivity index (χ0n) is 17.0. The first kappa shape index (κ1) is 22.0. The number of benzene rings is 3. The molecule has 0 aromatic heterocycles. The predicted octanol–water partition coefficient (Wildman–Crippen LogP) is 3.49. The molecule has 0 bridgehead atoms. The Hall–Kier alpha value is -3.23. The fraction of sp³-hybridized carbons (Fsp3) is 0.174. The van der Waals surface area contributed by atoms with Gasteiger partial charge < -0.3 is 14.8 Å². The Labute approximate surface area is 191 Å². The summed E-state index contributed by atoms with van der Waals surface area (Å²) in [5.74, 6) is 0.592. The van der Waals surface area contributed by atoms with E-state index in [9.17, 15) is 13.2 Å². The van der Waals surface area contributed by atoms with E-state index in [0.717, 1.165) is 0 Å². The number of para-hydroxylation sites is 3. The molecule has 1 aliphatic rings. The number of hydrogen-bond donors (Lipinski definition) is 1. The molecular weight excluding hydrogens is 452 g/mol. The van der Waals surface area contributed by atoms with E-state index in [0.29, 0.717) is 22.2 Å². The number of ether oxygens (including phenoxy) is 2. The molecule has 0 aliphatic carbocycles. The second-order valence-electron chi connectivity index (χ2n) is 7.02. The molecular formula is C23H21ClN2O5S. The summed E-state index contributed by atoms with van der Waals surface area (Å²) in [5, 5.41) is 3.18. The van der Waals surface area contributed by atoms with E-state index in [2.05, 4.69) is 5.32 Å². The van der Waals surface area contributed by atoms with Crippen LogP contribution >= 0.6 is 11.6 Å². The molecule has 7 nitrogen and oxygen atoms in total. The number of sulfonamides is 1. The number of halogens is 1. The molecule has 9 heteroatoms. The molecule has 1 unspecified atom stereocenters. The minimum absolute atomic E-state index is 0.0778. The van der Waals surface area contributed by atoms with Crippen LogP contribution in [-0.4, -0.2) is 40.1 Å². The van der Waals surface area contributed by atoms with E-state index in [4.69, 9.17) is 21.1 Å². The van der Waals surface area contributed by atoms with Gasteiger partial charge in [0.2, 0.25) is 0 Å². The molecule has 0 saturated carbocycles. The Morgan fingerprint density at radius 2 is 1.72 bits per heavy atom. The van der Waals surface area contributed by atoms with Gasteiger partial charge in [-0.3, -0.25) is 9.10 Å². The Bertz CT molecular complexity index is 1190. The summed E-state index contributed by atoms with van der Waals surface area (Å²) in [6.07, 6.45) is -1.01. The molecule has 4 rings (SSSR count). The highest BCUT2D eigenvalue weighted by atomic mass is 35.5. The molecule has 0 radical (unpaired) electrons. The minimum Gasteiger partial charge on any atom is -0.492 e. The Balaban J connectivity index is 1.48. The number of nitrogens with one attached hydrogen (secondary N) is 1. The number of carbonyl (C=O) groups is 1. The van der Waals surface area contributed by atoms with Crippen LogP contribution in [0.5, 0.6) is 11.5 Å². The normalized spacial score (nSPS) is 15.4. The first-order chi connectivity index (χ1) is 15.4. The van der Waals surface area contributed by atoms with E-state index in [1.165, 1.54) is 28.6 Å². The Morgan fingerprint density at radius 1 is 1.03 bits per heavy atom. The summed E-state index contributed by atoms with van der Waals surface area (Å²) >= 11 is 5.90. The van der Waals surface area contributed by atoms with Crippen molar-refractivity contribution in [2.24, 2.45) is 0 Å². The maximum Gasteiger partial charge on any atom is 0.264 e. The van der Waals surface area contributed by atoms with Gasteiger partial charge in [0.25, 0.3) is 15.9 Å². The number of carbonyl (C=O) groups excluding carboxylic acids is 1. The zero-order chi connectivity index (χ0) is 22.6. The van der Waals surface area contributed by atoms with Crippen molar-refractivity contribution in [1.82, 2.24) is 5.32 Å². The zero-order valence-corrected chi connectivity index (χ0v) is 18.6. The average molecular weight is 473 g/mol. The second-order valence-corrected chi connectivity index (χ2v) is 9.32. The minimum atomic E-state index is -3.93. The van der Waals surface area contributed by atoms with Crippen molar-refractivity contribution >= 4 is 33.2 Å². The fourth-order valence-corrected chi connectivity index (χ4v) is 4.88. The number of hydrogen-bond acceptors (Lipinski definition) is 5. The molecule has 1 atom stereocenters. The van der Waals surface area contributed by atoms with E-state index >= 15 is 0 Å². The van der Waals surface area contributed by atoms with E-state index in [-0.39, 0.29) is 24.6 Å². The fourth-order valence-electron chi connectivity index (χ4n) is 3.27. The molecule has 3 aromatic carbocycles. The van der Waals surface area contributed by atoms with Crippen LogP contribution in [-0.2, 0) is 14.8 Å². The quantitative estimate of drug-likeness (QED) is 0.532. The van der Waals surface area contributed by atoms with Crippen molar-refractivity contribution in [2.75, 3.05) is 24.0 Å². The van der Waals surface area contributed by atoms with Crippen LogP contribution in [0.15, 0.2) is 83.8 Å². The van der Waals surface area contributed by atoms with E-state index in [1.807, 2.05) is 30.3 Å². The SMILES string of the molecule is O=C(NCCOc1ccccc1)C1CN(S(=O)(=O)c2ccc(Cl)cc2)c2ccccc2O1. The summed E-state index contributed by atoms with van der Waals surface area (Å²) in [7, 11) is -3.93. The lowest BCUT2D eigenvalue weighted by atomic mass is 10.2. The highest BCUT2D eigenvalue weighted by molar-refractivity contribution is 7.92. The molecule has 1 N–H and O–H groups in total. The lowest BCUT2D eigenvalue weighted by molar-refractivity contribution is -0.127. The Morgan fingerprint density at radius 3 is 2.47 bits per heavy atom. The van der Waals surface area contributed by atoms with Crippen LogP contribution in [0.3, 0.4) is 0 Å². The first-order valence-corrected chi connectivity index (χ1v) is 11.8. The topological polar surface area (TPSA) is 84.9 Å². The third-order valence-electron chi connectivity index (χ3n) is 4.84. The van der Waals surface area contributed by atoms with Crippen LogP contribution in [0.2, 0.25) is 5.02 Å². The van der Waals surface area contributed by atoms with Crippen molar-refractivity contribution in [1.29, 1.82) is 0 Å². The van der Waals surface area contributed by atoms with Gasteiger partial charge in [0.1, 0.15) is 18.1 Å². The molecule has 166 valence electrons. The van der Waals surface area contributed by atoms with Gasteiger partial charge in [0.15, 0.2) is 6.10 Å². The Kier molecular flexibility index (Phi) is 6.53. The third-order valence-corrected chi connectivity index (χ3v) is 6.89. The van der Waals surface area contributed by atoms with Crippen LogP contribution in [0.4, 0.5) is 5.69 Å². The smallest absolute Gasteiger partial charge is 0.264 e. The summed E-state index contributed by atoms with van der Waals surface area (Å²) in [4.78, 5) is 12.8. The highest BCUT2D eigenvalue weighted by Crippen LogP contribution is 2.36. The molecule has 3 aromatic rings. The largest absolute Gasteiger partial charge is 0.492 e. The van der Waals surface area contributed by atoms with Gasteiger partial charge in [-0.15, -0.1) is 0 Å². The second kappa shape index (κ2) is 9.50. The number of amides is 1. The first-order valence-electron chi connectivity index (χ1n) is 9.95. The summed E-state index contributed by atoms with van der Waals surface area (Å²) in [6, 6.07) is 21.9. The average Bonchev–Trinajstić information content (AvgIpc) is 2.82. The maximum absolute atomic E-state index is 13.3. The van der Waals surface area contributed by atoms with Gasteiger partial charge in [-0.05, 0) is 48.5 Å². The summed E-state index contributed by atoms with van der Waals surface area (Å²) in [5.41, 5.74) is 0.374. The van der Waals surface area contributed by atoms with Crippen molar-refractivity contribution in [3.8, 4) is 11.5 Å². The number of nitrogens with zero attached hydrogens (tertiary/aromatic N) is 1. The van der Waals surface area contributed by atoms with E-state index < -0.39 is 22.0 Å². The monoisotopic (exact) mass is 472 g/mol. The molecule has 0 saturated heterocycles. The van der Waals surface area contributed by atoms with Crippen molar-refractivity contribution in [2.45, 2.75) is 11.0 Å². The van der Waals surface area contributed by atoms with Gasteiger partial charge >= 0.3 is 0 Å². The maximum atomic E-state index is 13.3. The summed E-state index contributed by atoms with van der Waals surface area (Å²) < 4.78 is 39.2. The van der Waals surface area contributed by atoms with Crippen LogP contribution in [0, 0.1) is 0 Å². The van der Waals surface area contributed by atoms with Crippen molar-refractivity contribution in [3.05, 3.63) is 83.9 Å². The van der Waals surface area contributed by atoms with Gasteiger partial charge in [-0.2, -0.15) is 0 Å². The number of anilines is 1. The van der Waals surface area contributed by atoms with Gasteiger partial charge in [-0.25, -0.2) is 8.42 Å². The van der Waals surface area contributed by atoms with Crippen LogP contribution in [0.1, 0.15) is 0 Å². The molecule has 1 heterocycles. The van der Waals surface area contributed by atoms with Gasteiger partial charge in [0, 0.05) is 5.02 Å². The van der Waals surface area contributed by atoms with Crippen molar-refractivity contribution in [3.63, 3.8) is 0 Å². The molecule has 1 amide bonds. The molecule has 32 heavy (non-hydrogen) atoms. The predicted molar refractivity (Wildman–Crippen MR) is 122 cm³/mol. The van der Waals surface area contributed by atoms with E-state index in [1.54, 1.807) is 24.3 Å². The lowest BCUT2D eigenvalue weighted by Crippen LogP contribution is -2.51. The van der Waals surface area contributed by atoms with Crippen LogP contribution < -0.4 is 19.1 Å². The summed E-state index contributed by atoms with van der Waals surface area (Å²) in [6.45, 7) is 0.359. The third kappa shape index (κ3) is 4.81. The van der Waals surface area contributed by atoms with Gasteiger partial charge in [0.05, 0.1) is 23.7 Å². The number of rotatable bonds is 7. The molecule has 0 spiro atoms. The highest BCUT2D eigenvalue weighted by Gasteiger charge is 2.37. The van der Waals surface area contributed by atoms with Crippen LogP contribution in [0.25, 0.3) is 0 Å². The number of fused-ring (bicyclic) bond motifs is 1. The van der Waals surface area contributed by atoms with Gasteiger partial charge in [-0.1, -0.05) is 41.9 Å². The molecule has 0 fully saturated rings.